The number of rotatable bonds is 10. The van der Waals surface area contributed by atoms with Gasteiger partial charge >= 0.3 is 14.2 Å². The van der Waals surface area contributed by atoms with E-state index in [9.17, 15) is 20.3 Å². The molecule has 0 unspecified atom stereocenters. The standard InChI is InChI=1S/C28H22B2N2O7/c31-15-19-1-5-23(6-2-19)37-25-9-11-27(21(13-25)17-33)29(35)39-30(36)28-12-10-26(14-22(28)18-34)38-24-7-3-20(16-32)4-8-24/h1-14,33-36H,17-18H2. The molecule has 0 saturated heterocycles. The zero-order valence-electron chi connectivity index (χ0n) is 20.6. The molecule has 0 amide bonds. The Hall–Kier alpha value is -4.61. The fraction of sp³-hybridized carbons (Fsp3) is 0.0714. The van der Waals surface area contributed by atoms with Crippen LogP contribution in [0.1, 0.15) is 22.3 Å². The van der Waals surface area contributed by atoms with Gasteiger partial charge in [-0.15, -0.1) is 0 Å². The molecule has 0 aliphatic heterocycles. The average Bonchev–Trinajstić information content (AvgIpc) is 2.97. The van der Waals surface area contributed by atoms with Crippen LogP contribution in [0.15, 0.2) is 84.9 Å². The minimum Gasteiger partial charge on any atom is -0.457 e. The number of ether oxygens (including phenoxy) is 2. The van der Waals surface area contributed by atoms with E-state index in [0.717, 1.165) is 0 Å². The Morgan fingerprint density at radius 1 is 0.564 bits per heavy atom. The van der Waals surface area contributed by atoms with E-state index in [1.807, 2.05) is 12.1 Å². The van der Waals surface area contributed by atoms with E-state index in [1.54, 1.807) is 60.7 Å². The van der Waals surface area contributed by atoms with Gasteiger partial charge in [-0.05, 0) is 94.8 Å². The number of nitriles is 2. The Labute approximate surface area is 225 Å². The van der Waals surface area contributed by atoms with Crippen LogP contribution in [0.2, 0.25) is 0 Å². The molecule has 0 heterocycles. The lowest BCUT2D eigenvalue weighted by Crippen LogP contribution is -2.47. The second kappa shape index (κ2) is 12.8. The molecule has 192 valence electrons. The van der Waals surface area contributed by atoms with E-state index < -0.39 is 27.5 Å². The van der Waals surface area contributed by atoms with Crippen LogP contribution in [0.4, 0.5) is 0 Å². The molecule has 0 radical (unpaired) electrons. The van der Waals surface area contributed by atoms with Crippen molar-refractivity contribution in [1.82, 2.24) is 0 Å². The lowest BCUT2D eigenvalue weighted by Gasteiger charge is -2.18. The molecule has 0 aromatic heterocycles. The lowest BCUT2D eigenvalue weighted by molar-refractivity contribution is 0.281. The summed E-state index contributed by atoms with van der Waals surface area (Å²) in [4.78, 5) is 0. The van der Waals surface area contributed by atoms with Crippen molar-refractivity contribution in [3.63, 3.8) is 0 Å². The molecular weight excluding hydrogens is 498 g/mol. The SMILES string of the molecule is N#Cc1ccc(Oc2ccc(B(O)OB(O)c3ccc(Oc4ccc(C#N)cc4)cc3CO)c(CO)c2)cc1. The van der Waals surface area contributed by atoms with Crippen LogP contribution in [0.3, 0.4) is 0 Å². The van der Waals surface area contributed by atoms with Crippen molar-refractivity contribution in [3.8, 4) is 35.1 Å². The fourth-order valence-corrected chi connectivity index (χ4v) is 3.78. The molecule has 0 aliphatic rings. The monoisotopic (exact) mass is 520 g/mol. The molecule has 0 atom stereocenters. The predicted molar refractivity (Wildman–Crippen MR) is 143 cm³/mol. The minimum absolute atomic E-state index is 0.218. The summed E-state index contributed by atoms with van der Waals surface area (Å²) >= 11 is 0. The van der Waals surface area contributed by atoms with Crippen LogP contribution < -0.4 is 20.4 Å². The summed E-state index contributed by atoms with van der Waals surface area (Å²) in [6.07, 6.45) is 0. The van der Waals surface area contributed by atoms with E-state index in [-0.39, 0.29) is 10.9 Å². The maximum absolute atomic E-state index is 10.7. The Morgan fingerprint density at radius 3 is 1.26 bits per heavy atom. The molecule has 4 aromatic rings. The summed E-state index contributed by atoms with van der Waals surface area (Å²) in [7, 11) is -3.21. The zero-order chi connectivity index (χ0) is 27.8. The van der Waals surface area contributed by atoms with Crippen LogP contribution in [0, 0.1) is 22.7 Å². The van der Waals surface area contributed by atoms with Crippen LogP contribution in [-0.4, -0.2) is 34.5 Å². The summed E-state index contributed by atoms with van der Waals surface area (Å²) < 4.78 is 16.9. The maximum atomic E-state index is 10.7. The second-order valence-corrected chi connectivity index (χ2v) is 8.35. The second-order valence-electron chi connectivity index (χ2n) is 8.35. The minimum atomic E-state index is -1.60. The highest BCUT2D eigenvalue weighted by Gasteiger charge is 2.29. The van der Waals surface area contributed by atoms with Gasteiger partial charge in [-0.25, -0.2) is 0 Å². The highest BCUT2D eigenvalue weighted by Crippen LogP contribution is 2.24. The highest BCUT2D eigenvalue weighted by atomic mass is 16.5. The first-order valence-corrected chi connectivity index (χ1v) is 11.8. The molecule has 39 heavy (non-hydrogen) atoms. The third-order valence-corrected chi connectivity index (χ3v) is 5.80. The summed E-state index contributed by atoms with van der Waals surface area (Å²) in [5.41, 5.74) is 2.05. The third-order valence-electron chi connectivity index (χ3n) is 5.80. The Balaban J connectivity index is 1.46. The third kappa shape index (κ3) is 6.83. The van der Waals surface area contributed by atoms with Crippen molar-refractivity contribution in [2.45, 2.75) is 13.2 Å². The van der Waals surface area contributed by atoms with Crippen molar-refractivity contribution < 1.29 is 34.3 Å². The van der Waals surface area contributed by atoms with Gasteiger partial charge < -0.3 is 34.3 Å². The summed E-state index contributed by atoms with van der Waals surface area (Å²) in [5.74, 6) is 1.75. The van der Waals surface area contributed by atoms with Gasteiger partial charge in [0.25, 0.3) is 0 Å². The first-order chi connectivity index (χ1) is 18.9. The number of nitrogens with zero attached hydrogens (tertiary/aromatic N) is 2. The van der Waals surface area contributed by atoms with Crippen LogP contribution >= 0.6 is 0 Å². The summed E-state index contributed by atoms with van der Waals surface area (Å²) in [6.45, 7) is -0.862. The van der Waals surface area contributed by atoms with Gasteiger partial charge in [0.05, 0.1) is 36.5 Å². The van der Waals surface area contributed by atoms with Crippen molar-refractivity contribution >= 4 is 25.2 Å². The van der Waals surface area contributed by atoms with Crippen molar-refractivity contribution in [2.24, 2.45) is 0 Å². The fourth-order valence-electron chi connectivity index (χ4n) is 3.78. The van der Waals surface area contributed by atoms with E-state index in [1.165, 1.54) is 24.3 Å². The molecular formula is C28H22B2N2O7. The first kappa shape index (κ1) is 27.4. The van der Waals surface area contributed by atoms with Crippen molar-refractivity contribution in [3.05, 3.63) is 107 Å². The van der Waals surface area contributed by atoms with E-state index in [4.69, 9.17) is 24.6 Å². The van der Waals surface area contributed by atoms with E-state index in [0.29, 0.717) is 45.3 Å². The van der Waals surface area contributed by atoms with Crippen molar-refractivity contribution in [1.29, 1.82) is 10.5 Å². The topological polar surface area (TPSA) is 156 Å². The smallest absolute Gasteiger partial charge is 0.457 e. The lowest BCUT2D eigenvalue weighted by atomic mass is 9.69. The van der Waals surface area contributed by atoms with Crippen molar-refractivity contribution in [2.75, 3.05) is 0 Å². The molecule has 0 bridgehead atoms. The molecule has 11 heteroatoms. The normalized spacial score (nSPS) is 10.3. The molecule has 4 N–H and O–H groups in total. The van der Waals surface area contributed by atoms with Crippen LogP contribution in [0.5, 0.6) is 23.0 Å². The average molecular weight is 520 g/mol. The molecule has 0 aliphatic carbocycles. The molecule has 0 spiro atoms. The Morgan fingerprint density at radius 2 is 0.923 bits per heavy atom. The zero-order valence-corrected chi connectivity index (χ0v) is 20.6. The predicted octanol–water partition coefficient (Wildman–Crippen LogP) is 2.09. The molecule has 0 saturated carbocycles. The van der Waals surface area contributed by atoms with Gasteiger partial charge in [-0.1, -0.05) is 12.1 Å². The summed E-state index contributed by atoms with van der Waals surface area (Å²) in [6, 6.07) is 26.3. The Bertz CT molecular complexity index is 1400. The number of hydrogen-bond donors (Lipinski definition) is 4. The number of hydrogen-bond acceptors (Lipinski definition) is 9. The van der Waals surface area contributed by atoms with Crippen LogP contribution in [0.25, 0.3) is 0 Å². The van der Waals surface area contributed by atoms with Gasteiger partial charge in [0.15, 0.2) is 0 Å². The van der Waals surface area contributed by atoms with Crippen LogP contribution in [-0.2, 0) is 17.8 Å². The Kier molecular flexibility index (Phi) is 8.97. The first-order valence-electron chi connectivity index (χ1n) is 11.8. The number of aliphatic hydroxyl groups excluding tert-OH is 2. The number of aliphatic hydroxyl groups is 2. The van der Waals surface area contributed by atoms with Gasteiger partial charge in [0.1, 0.15) is 23.0 Å². The largest absolute Gasteiger partial charge is 0.478 e. The number of benzene rings is 4. The van der Waals surface area contributed by atoms with E-state index in [2.05, 4.69) is 0 Å². The molecule has 4 rings (SSSR count). The molecule has 4 aromatic carbocycles. The van der Waals surface area contributed by atoms with Gasteiger partial charge in [-0.3, -0.25) is 0 Å². The molecule has 9 nitrogen and oxygen atoms in total. The highest BCUT2D eigenvalue weighted by molar-refractivity contribution is 6.73. The van der Waals surface area contributed by atoms with Gasteiger partial charge in [0.2, 0.25) is 0 Å². The quantitative estimate of drug-likeness (QED) is 0.230. The summed E-state index contributed by atoms with van der Waals surface area (Å²) in [5, 5.41) is 58.9. The van der Waals surface area contributed by atoms with Gasteiger partial charge in [0, 0.05) is 0 Å². The van der Waals surface area contributed by atoms with E-state index >= 15 is 0 Å². The van der Waals surface area contributed by atoms with Gasteiger partial charge in [-0.2, -0.15) is 10.5 Å². The molecule has 0 fully saturated rings. The maximum Gasteiger partial charge on any atom is 0.478 e.